The summed E-state index contributed by atoms with van der Waals surface area (Å²) in [5, 5.41) is 9.74. The van der Waals surface area contributed by atoms with Crippen molar-refractivity contribution in [2.24, 2.45) is 0 Å². The molecular formula is C26H21Cl3FNO4. The van der Waals surface area contributed by atoms with Crippen LogP contribution >= 0.6 is 34.8 Å². The summed E-state index contributed by atoms with van der Waals surface area (Å²) in [4.78, 5) is 39.5. The molecule has 0 bridgehead atoms. The van der Waals surface area contributed by atoms with Crippen molar-refractivity contribution in [2.75, 3.05) is 4.90 Å². The van der Waals surface area contributed by atoms with E-state index in [1.165, 1.54) is 29.2 Å². The normalized spacial score (nSPS) is 11.7. The number of rotatable bonds is 10. The van der Waals surface area contributed by atoms with Crippen LogP contribution in [0.2, 0.25) is 15.1 Å². The van der Waals surface area contributed by atoms with Gasteiger partial charge in [-0.15, -0.1) is 0 Å². The van der Waals surface area contributed by atoms with Crippen molar-refractivity contribution in [1.82, 2.24) is 0 Å². The lowest BCUT2D eigenvalue weighted by molar-refractivity contribution is -0.137. The molecule has 1 N–H and O–H groups in total. The second kappa shape index (κ2) is 12.2. The number of carboxylic acid groups (broad SMARTS) is 1. The number of halogens is 4. The maximum Gasteiger partial charge on any atom is 0.303 e. The highest BCUT2D eigenvalue weighted by Gasteiger charge is 2.34. The van der Waals surface area contributed by atoms with Gasteiger partial charge in [-0.25, -0.2) is 4.39 Å². The van der Waals surface area contributed by atoms with Crippen LogP contribution in [0.25, 0.3) is 0 Å². The van der Waals surface area contributed by atoms with Crippen LogP contribution < -0.4 is 4.90 Å². The van der Waals surface area contributed by atoms with Crippen molar-refractivity contribution in [3.05, 3.63) is 98.7 Å². The van der Waals surface area contributed by atoms with Gasteiger partial charge in [0.1, 0.15) is 11.9 Å². The Morgan fingerprint density at radius 2 is 1.40 bits per heavy atom. The molecule has 0 fully saturated rings. The van der Waals surface area contributed by atoms with Gasteiger partial charge in [0.25, 0.3) is 0 Å². The fourth-order valence-corrected chi connectivity index (χ4v) is 4.13. The molecule has 0 aromatic heterocycles. The van der Waals surface area contributed by atoms with E-state index in [9.17, 15) is 18.8 Å². The monoisotopic (exact) mass is 535 g/mol. The van der Waals surface area contributed by atoms with E-state index in [0.717, 1.165) is 6.07 Å². The van der Waals surface area contributed by atoms with Crippen LogP contribution in [0.1, 0.15) is 47.6 Å². The summed E-state index contributed by atoms with van der Waals surface area (Å²) in [7, 11) is 0. The smallest absolute Gasteiger partial charge is 0.303 e. The van der Waals surface area contributed by atoms with E-state index in [2.05, 4.69) is 0 Å². The quantitative estimate of drug-likeness (QED) is 0.217. The lowest BCUT2D eigenvalue weighted by atomic mass is 9.94. The Morgan fingerprint density at radius 3 is 1.97 bits per heavy atom. The summed E-state index contributed by atoms with van der Waals surface area (Å²) in [6.07, 6.45) is 0.501. The second-order valence-electron chi connectivity index (χ2n) is 7.78. The summed E-state index contributed by atoms with van der Waals surface area (Å²) in [5.41, 5.74) is 0.893. The van der Waals surface area contributed by atoms with Crippen LogP contribution in [0.4, 0.5) is 10.1 Å². The number of carboxylic acids is 1. The molecule has 3 aromatic rings. The van der Waals surface area contributed by atoms with E-state index < -0.39 is 29.5 Å². The summed E-state index contributed by atoms with van der Waals surface area (Å²) in [6.45, 7) is 0. The fourth-order valence-electron chi connectivity index (χ4n) is 3.60. The SMILES string of the molecule is O=C(O)CCCCC(=O)N(c1ccc(Cl)cc1)C(C(=O)c1ccc(Cl)cc1)c1ccc(F)cc1Cl. The van der Waals surface area contributed by atoms with Gasteiger partial charge < -0.3 is 5.11 Å². The van der Waals surface area contributed by atoms with Gasteiger partial charge in [-0.05, 0) is 73.5 Å². The molecule has 0 heterocycles. The van der Waals surface area contributed by atoms with Gasteiger partial charge in [0.05, 0.1) is 0 Å². The van der Waals surface area contributed by atoms with E-state index >= 15 is 0 Å². The summed E-state index contributed by atoms with van der Waals surface area (Å²) < 4.78 is 13.8. The number of carbonyl (C=O) groups is 3. The molecule has 0 aliphatic carbocycles. The Balaban J connectivity index is 2.11. The fraction of sp³-hybridized carbons (Fsp3) is 0.192. The topological polar surface area (TPSA) is 74.7 Å². The molecule has 182 valence electrons. The van der Waals surface area contributed by atoms with E-state index in [1.807, 2.05) is 0 Å². The number of benzene rings is 3. The molecule has 35 heavy (non-hydrogen) atoms. The average Bonchev–Trinajstić information content (AvgIpc) is 2.81. The lowest BCUT2D eigenvalue weighted by Crippen LogP contribution is -2.39. The van der Waals surface area contributed by atoms with E-state index in [-0.39, 0.29) is 29.0 Å². The number of hydrogen-bond acceptors (Lipinski definition) is 3. The zero-order valence-electron chi connectivity index (χ0n) is 18.4. The lowest BCUT2D eigenvalue weighted by Gasteiger charge is -2.32. The van der Waals surface area contributed by atoms with Crippen LogP contribution in [0.3, 0.4) is 0 Å². The molecular weight excluding hydrogens is 516 g/mol. The minimum Gasteiger partial charge on any atom is -0.481 e. The minimum absolute atomic E-state index is 0.0148. The zero-order chi connectivity index (χ0) is 25.5. The van der Waals surface area contributed by atoms with Crippen molar-refractivity contribution in [1.29, 1.82) is 0 Å². The Kier molecular flexibility index (Phi) is 9.26. The number of unbranched alkanes of at least 4 members (excludes halogenated alkanes) is 1. The van der Waals surface area contributed by atoms with Crippen LogP contribution in [-0.2, 0) is 9.59 Å². The van der Waals surface area contributed by atoms with E-state index in [1.54, 1.807) is 36.4 Å². The number of amides is 1. The summed E-state index contributed by atoms with van der Waals surface area (Å²) in [5.74, 6) is -2.43. The van der Waals surface area contributed by atoms with Gasteiger partial charge in [-0.2, -0.15) is 0 Å². The zero-order valence-corrected chi connectivity index (χ0v) is 20.7. The molecule has 3 rings (SSSR count). The number of carbonyl (C=O) groups excluding carboxylic acids is 2. The molecule has 1 atom stereocenters. The number of aliphatic carboxylic acids is 1. The van der Waals surface area contributed by atoms with Gasteiger partial charge in [-0.3, -0.25) is 19.3 Å². The number of anilines is 1. The van der Waals surface area contributed by atoms with Gasteiger partial charge in [0.2, 0.25) is 5.91 Å². The van der Waals surface area contributed by atoms with Crippen LogP contribution in [0.15, 0.2) is 66.7 Å². The second-order valence-corrected chi connectivity index (χ2v) is 9.06. The molecule has 0 aliphatic rings. The first-order valence-electron chi connectivity index (χ1n) is 10.7. The van der Waals surface area contributed by atoms with Crippen molar-refractivity contribution in [2.45, 2.75) is 31.7 Å². The molecule has 0 saturated heterocycles. The molecule has 0 aliphatic heterocycles. The van der Waals surface area contributed by atoms with Crippen LogP contribution in [0, 0.1) is 5.82 Å². The predicted molar refractivity (Wildman–Crippen MR) is 135 cm³/mol. The Morgan fingerprint density at radius 1 is 0.829 bits per heavy atom. The van der Waals surface area contributed by atoms with Crippen molar-refractivity contribution in [3.8, 4) is 0 Å². The van der Waals surface area contributed by atoms with E-state index in [0.29, 0.717) is 28.6 Å². The molecule has 0 saturated carbocycles. The molecule has 0 spiro atoms. The summed E-state index contributed by atoms with van der Waals surface area (Å²) >= 11 is 18.4. The predicted octanol–water partition coefficient (Wildman–Crippen LogP) is 7.39. The molecule has 1 amide bonds. The molecule has 0 radical (unpaired) electrons. The molecule has 3 aromatic carbocycles. The van der Waals surface area contributed by atoms with Gasteiger partial charge in [0.15, 0.2) is 5.78 Å². The van der Waals surface area contributed by atoms with E-state index in [4.69, 9.17) is 39.9 Å². The number of hydrogen-bond donors (Lipinski definition) is 1. The third kappa shape index (κ3) is 7.04. The first-order valence-corrected chi connectivity index (χ1v) is 11.8. The third-order valence-electron chi connectivity index (χ3n) is 5.30. The van der Waals surface area contributed by atoms with Gasteiger partial charge >= 0.3 is 5.97 Å². The first-order chi connectivity index (χ1) is 16.7. The minimum atomic E-state index is -1.22. The maximum absolute atomic E-state index is 13.8. The molecule has 1 unspecified atom stereocenters. The summed E-state index contributed by atoms with van der Waals surface area (Å²) in [6, 6.07) is 14.9. The van der Waals surface area contributed by atoms with Gasteiger partial charge in [0, 0.05) is 44.7 Å². The van der Waals surface area contributed by atoms with Gasteiger partial charge in [-0.1, -0.05) is 40.9 Å². The van der Waals surface area contributed by atoms with Crippen molar-refractivity contribution in [3.63, 3.8) is 0 Å². The van der Waals surface area contributed by atoms with Crippen molar-refractivity contribution < 1.29 is 23.9 Å². The molecule has 5 nitrogen and oxygen atoms in total. The average molecular weight is 537 g/mol. The number of nitrogens with zero attached hydrogens (tertiary/aromatic N) is 1. The highest BCUT2D eigenvalue weighted by atomic mass is 35.5. The van der Waals surface area contributed by atoms with Crippen molar-refractivity contribution >= 4 is 58.1 Å². The standard InChI is InChI=1S/C26H21Cl3FNO4/c27-17-7-5-16(6-8-17)26(35)25(21-14-11-19(30)15-22(21)29)31(20-12-9-18(28)10-13-20)23(32)3-1-2-4-24(33)34/h5-15,25H,1-4H2,(H,33,34). The van der Waals surface area contributed by atoms with Crippen LogP contribution in [0.5, 0.6) is 0 Å². The Hall–Kier alpha value is -2.93. The maximum atomic E-state index is 13.8. The highest BCUT2D eigenvalue weighted by Crippen LogP contribution is 2.36. The van der Waals surface area contributed by atoms with Crippen LogP contribution in [-0.4, -0.2) is 22.8 Å². The Bertz CT molecular complexity index is 1220. The number of Topliss-reactive ketones (excluding diaryl/α,β-unsaturated/α-hetero) is 1. The Labute approximate surface area is 217 Å². The first kappa shape index (κ1) is 26.7. The molecule has 9 heteroatoms. The third-order valence-corrected chi connectivity index (χ3v) is 6.13. The number of ketones is 1. The highest BCUT2D eigenvalue weighted by molar-refractivity contribution is 6.32. The largest absolute Gasteiger partial charge is 0.481 e.